The normalized spacial score (nSPS) is 16.6. The molecule has 212 valence electrons. The number of benzene rings is 2. The maximum Gasteiger partial charge on any atom is 0.301 e. The molecule has 8 nitrogen and oxygen atoms in total. The van der Waals surface area contributed by atoms with Gasteiger partial charge >= 0.3 is 5.91 Å². The van der Waals surface area contributed by atoms with Gasteiger partial charge in [0.1, 0.15) is 17.2 Å². The van der Waals surface area contributed by atoms with Crippen LogP contribution in [0.3, 0.4) is 0 Å². The molecule has 0 bridgehead atoms. The molecule has 0 spiro atoms. The van der Waals surface area contributed by atoms with E-state index < -0.39 is 29.3 Å². The lowest BCUT2D eigenvalue weighted by Crippen LogP contribution is -2.29. The topological polar surface area (TPSA) is 101 Å². The van der Waals surface area contributed by atoms with Crippen molar-refractivity contribution in [3.63, 3.8) is 0 Å². The number of aliphatic hydroxyl groups is 1. The number of aryl methyl sites for hydroxylation is 2. The van der Waals surface area contributed by atoms with E-state index in [0.717, 1.165) is 22.5 Å². The van der Waals surface area contributed by atoms with Crippen molar-refractivity contribution < 1.29 is 19.1 Å². The van der Waals surface area contributed by atoms with Gasteiger partial charge in [0.2, 0.25) is 5.13 Å². The molecule has 4 heterocycles. The van der Waals surface area contributed by atoms with Crippen LogP contribution in [0.15, 0.2) is 70.7 Å². The number of anilines is 1. The van der Waals surface area contributed by atoms with Crippen LogP contribution < -0.4 is 4.90 Å². The summed E-state index contributed by atoms with van der Waals surface area (Å²) in [6.45, 7) is 3.65. The maximum absolute atomic E-state index is 13.9. The summed E-state index contributed by atoms with van der Waals surface area (Å²) in [6.07, 6.45) is 1.80. The van der Waals surface area contributed by atoms with E-state index in [1.54, 1.807) is 29.7 Å². The van der Waals surface area contributed by atoms with E-state index in [2.05, 4.69) is 15.2 Å². The number of amides is 1. The van der Waals surface area contributed by atoms with Crippen molar-refractivity contribution in [1.29, 1.82) is 0 Å². The van der Waals surface area contributed by atoms with Gasteiger partial charge in [-0.05, 0) is 60.9 Å². The number of imidazole rings is 1. The zero-order valence-electron chi connectivity index (χ0n) is 22.0. The van der Waals surface area contributed by atoms with Gasteiger partial charge in [0.25, 0.3) is 5.78 Å². The molecule has 2 aromatic carbocycles. The number of ketones is 1. The van der Waals surface area contributed by atoms with Gasteiger partial charge in [0.05, 0.1) is 17.3 Å². The van der Waals surface area contributed by atoms with Gasteiger partial charge in [-0.2, -0.15) is 0 Å². The van der Waals surface area contributed by atoms with Gasteiger partial charge in [0, 0.05) is 22.0 Å². The first-order valence-corrected chi connectivity index (χ1v) is 15.1. The fourth-order valence-electron chi connectivity index (χ4n) is 4.80. The lowest BCUT2D eigenvalue weighted by atomic mass is 9.96. The van der Waals surface area contributed by atoms with Gasteiger partial charge in [-0.15, -0.1) is 10.2 Å². The van der Waals surface area contributed by atoms with Gasteiger partial charge in [-0.1, -0.05) is 70.6 Å². The molecule has 1 aliphatic heterocycles. The minimum atomic E-state index is -1.09. The second-order valence-corrected chi connectivity index (χ2v) is 12.5. The van der Waals surface area contributed by atoms with Crippen LogP contribution in [0.1, 0.15) is 34.1 Å². The summed E-state index contributed by atoms with van der Waals surface area (Å²) in [5.41, 5.74) is 3.31. The molecule has 1 fully saturated rings. The summed E-state index contributed by atoms with van der Waals surface area (Å²) >= 11 is 14.8. The quantitative estimate of drug-likeness (QED) is 0.0691. The fourth-order valence-corrected chi connectivity index (χ4v) is 7.23. The van der Waals surface area contributed by atoms with Crippen LogP contribution in [0, 0.1) is 19.7 Å². The van der Waals surface area contributed by atoms with Crippen molar-refractivity contribution in [3.8, 4) is 0 Å². The van der Waals surface area contributed by atoms with Crippen LogP contribution in [-0.4, -0.2) is 36.4 Å². The summed E-state index contributed by atoms with van der Waals surface area (Å²) in [6, 6.07) is 13.2. The number of pyridine rings is 1. The monoisotopic (exact) mass is 639 g/mol. The molecule has 1 amide bonds. The molecule has 1 unspecified atom stereocenters. The minimum absolute atomic E-state index is 0.151. The zero-order chi connectivity index (χ0) is 29.7. The third-order valence-corrected chi connectivity index (χ3v) is 9.60. The van der Waals surface area contributed by atoms with E-state index in [1.807, 2.05) is 25.1 Å². The van der Waals surface area contributed by atoms with Gasteiger partial charge in [0.15, 0.2) is 10.1 Å². The molecule has 0 saturated carbocycles. The van der Waals surface area contributed by atoms with Crippen LogP contribution >= 0.6 is 46.3 Å². The van der Waals surface area contributed by atoms with Crippen LogP contribution in [-0.2, 0) is 15.3 Å². The molecule has 6 rings (SSSR count). The molecule has 5 aromatic rings. The highest BCUT2D eigenvalue weighted by Gasteiger charge is 2.48. The lowest BCUT2D eigenvalue weighted by molar-refractivity contribution is -0.132. The third-order valence-electron chi connectivity index (χ3n) is 6.91. The summed E-state index contributed by atoms with van der Waals surface area (Å²) < 4.78 is 16.2. The number of aromatic nitrogens is 4. The standard InChI is InChI=1S/C29H20Cl2FN5O3S2/c1-14-4-3-11-36-15(2)22(33-26(14)36)24(38)21-23(16-6-9-19(32)10-7-16)37(27(40)25(21)39)28-34-35-29(42-28)41-13-17-5-8-18(30)12-20(17)31/h3-12,23,38H,13H2,1-2H3. The van der Waals surface area contributed by atoms with Gasteiger partial charge in [-0.25, -0.2) is 9.37 Å². The predicted molar refractivity (Wildman–Crippen MR) is 162 cm³/mol. The van der Waals surface area contributed by atoms with E-state index in [-0.39, 0.29) is 16.4 Å². The average Bonchev–Trinajstić information content (AvgIpc) is 3.64. The third kappa shape index (κ3) is 4.96. The number of hydrogen-bond acceptors (Lipinski definition) is 8. The van der Waals surface area contributed by atoms with Crippen LogP contribution in [0.25, 0.3) is 11.4 Å². The molecule has 0 aliphatic carbocycles. The Morgan fingerprint density at radius 1 is 1.10 bits per heavy atom. The fraction of sp³-hybridized carbons (Fsp3) is 0.138. The molecular weight excluding hydrogens is 620 g/mol. The average molecular weight is 641 g/mol. The molecule has 1 atom stereocenters. The summed E-state index contributed by atoms with van der Waals surface area (Å²) in [4.78, 5) is 32.8. The van der Waals surface area contributed by atoms with E-state index in [0.29, 0.717) is 37.0 Å². The van der Waals surface area contributed by atoms with Crippen LogP contribution in [0.2, 0.25) is 10.0 Å². The van der Waals surface area contributed by atoms with Gasteiger partial charge < -0.3 is 9.51 Å². The smallest absolute Gasteiger partial charge is 0.301 e. The van der Waals surface area contributed by atoms with Crippen molar-refractivity contribution in [3.05, 3.63) is 110 Å². The molecule has 0 radical (unpaired) electrons. The van der Waals surface area contributed by atoms with Crippen LogP contribution in [0.4, 0.5) is 9.52 Å². The Morgan fingerprint density at radius 3 is 2.57 bits per heavy atom. The van der Waals surface area contributed by atoms with E-state index >= 15 is 0 Å². The first-order valence-electron chi connectivity index (χ1n) is 12.6. The van der Waals surface area contributed by atoms with E-state index in [1.165, 1.54) is 40.9 Å². The summed E-state index contributed by atoms with van der Waals surface area (Å²) in [5, 5.41) is 21.2. The highest BCUT2D eigenvalue weighted by atomic mass is 35.5. The van der Waals surface area contributed by atoms with Gasteiger partial charge in [-0.3, -0.25) is 14.5 Å². The number of fused-ring (bicyclic) bond motifs is 1. The number of thioether (sulfide) groups is 1. The second-order valence-electron chi connectivity index (χ2n) is 9.53. The lowest BCUT2D eigenvalue weighted by Gasteiger charge is -2.22. The largest absolute Gasteiger partial charge is 0.505 e. The van der Waals surface area contributed by atoms with Crippen molar-refractivity contribution in [2.45, 2.75) is 30.0 Å². The Hall–Kier alpha value is -3.77. The van der Waals surface area contributed by atoms with Crippen molar-refractivity contribution in [1.82, 2.24) is 19.6 Å². The highest BCUT2D eigenvalue weighted by Crippen LogP contribution is 2.44. The zero-order valence-corrected chi connectivity index (χ0v) is 25.2. The SMILES string of the molecule is Cc1cccn2c(C)c(C(O)=C3C(=O)C(=O)N(c4nnc(SCc5ccc(Cl)cc5Cl)s4)C3c3ccc(F)cc3)nc12. The van der Waals surface area contributed by atoms with Crippen molar-refractivity contribution in [2.75, 3.05) is 4.90 Å². The Morgan fingerprint density at radius 2 is 1.86 bits per heavy atom. The van der Waals surface area contributed by atoms with E-state index in [4.69, 9.17) is 23.2 Å². The second kappa shape index (κ2) is 11.1. The number of hydrogen-bond donors (Lipinski definition) is 1. The molecule has 42 heavy (non-hydrogen) atoms. The summed E-state index contributed by atoms with van der Waals surface area (Å²) in [5.74, 6) is -2.25. The van der Waals surface area contributed by atoms with E-state index in [9.17, 15) is 19.1 Å². The Labute approximate surface area is 257 Å². The number of halogens is 3. The predicted octanol–water partition coefficient (Wildman–Crippen LogP) is 7.17. The molecule has 3 aromatic heterocycles. The first-order chi connectivity index (χ1) is 20.1. The van der Waals surface area contributed by atoms with Crippen molar-refractivity contribution in [2.24, 2.45) is 0 Å². The Balaban J connectivity index is 1.42. The number of carbonyl (C=O) groups is 2. The minimum Gasteiger partial charge on any atom is -0.505 e. The molecule has 1 aliphatic rings. The molecule has 1 saturated heterocycles. The Bertz CT molecular complexity index is 1920. The van der Waals surface area contributed by atoms with Crippen molar-refractivity contribution >= 4 is 74.5 Å². The summed E-state index contributed by atoms with van der Waals surface area (Å²) in [7, 11) is 0. The molecular formula is C29H20Cl2FN5O3S2. The maximum atomic E-state index is 13.9. The first kappa shape index (κ1) is 28.4. The number of nitrogens with zero attached hydrogens (tertiary/aromatic N) is 5. The number of aliphatic hydroxyl groups excluding tert-OH is 1. The number of rotatable bonds is 6. The van der Waals surface area contributed by atoms with Crippen LogP contribution in [0.5, 0.6) is 0 Å². The number of carbonyl (C=O) groups excluding carboxylic acids is 2. The highest BCUT2D eigenvalue weighted by molar-refractivity contribution is 8.00. The number of Topliss-reactive ketones (excluding diaryl/α,β-unsaturated/α-hetero) is 1. The molecule has 13 heteroatoms. The molecule has 1 N–H and O–H groups in total. The Kier molecular flexibility index (Phi) is 7.52.